The van der Waals surface area contributed by atoms with Gasteiger partial charge in [-0.25, -0.2) is 9.59 Å². The van der Waals surface area contributed by atoms with Crippen molar-refractivity contribution in [3.8, 4) is 11.1 Å². The first-order chi connectivity index (χ1) is 15.3. The van der Waals surface area contributed by atoms with E-state index in [0.717, 1.165) is 22.3 Å². The topological polar surface area (TPSA) is 105 Å². The molecule has 0 aromatic heterocycles. The fourth-order valence-electron chi connectivity index (χ4n) is 4.04. The third-order valence-corrected chi connectivity index (χ3v) is 5.72. The number of aliphatic carboxylic acids is 1. The zero-order valence-electron chi connectivity index (χ0n) is 18.6. The number of rotatable bonds is 9. The van der Waals surface area contributed by atoms with Gasteiger partial charge in [-0.3, -0.25) is 4.79 Å². The molecule has 32 heavy (non-hydrogen) atoms. The first-order valence-corrected chi connectivity index (χ1v) is 10.9. The molecule has 0 saturated carbocycles. The fourth-order valence-corrected chi connectivity index (χ4v) is 4.04. The molecule has 1 aliphatic carbocycles. The molecule has 0 fully saturated rings. The number of nitrogens with one attached hydrogen (secondary N) is 2. The number of carboxylic acids is 1. The largest absolute Gasteiger partial charge is 0.480 e. The molecular formula is C25H30N2O5. The zero-order chi connectivity index (χ0) is 23.3. The van der Waals surface area contributed by atoms with Crippen molar-refractivity contribution in [3.05, 3.63) is 59.7 Å². The minimum atomic E-state index is -1.06. The predicted octanol–water partition coefficient (Wildman–Crippen LogP) is 3.78. The van der Waals surface area contributed by atoms with Crippen LogP contribution < -0.4 is 10.6 Å². The van der Waals surface area contributed by atoms with E-state index in [4.69, 9.17) is 4.74 Å². The number of ether oxygens (including phenoxy) is 1. The molecule has 0 heterocycles. The Kier molecular flexibility index (Phi) is 7.51. The Morgan fingerprint density at radius 2 is 1.53 bits per heavy atom. The lowest BCUT2D eigenvalue weighted by atomic mass is 9.98. The van der Waals surface area contributed by atoms with Gasteiger partial charge in [0.05, 0.1) is 0 Å². The predicted molar refractivity (Wildman–Crippen MR) is 121 cm³/mol. The van der Waals surface area contributed by atoms with E-state index in [9.17, 15) is 19.5 Å². The molecular weight excluding hydrogens is 408 g/mol. The molecule has 0 saturated heterocycles. The van der Waals surface area contributed by atoms with E-state index in [1.807, 2.05) is 31.2 Å². The second-order valence-corrected chi connectivity index (χ2v) is 8.64. The average Bonchev–Trinajstić information content (AvgIpc) is 3.08. The lowest BCUT2D eigenvalue weighted by molar-refractivity contribution is -0.143. The van der Waals surface area contributed by atoms with Crippen LogP contribution in [0.2, 0.25) is 0 Å². The standard InChI is InChI=1S/C25H30N2O5/c1-15(2)23(24(29)30)27-22(28)12-16(3)13-26-25(31)32-14-21-19-10-6-4-8-17(19)18-9-5-7-11-20(18)21/h4-11,15-16,21,23H,12-14H2,1-3H3,(H,26,31)(H,27,28)(H,29,30)/t16?,23-/m0/s1. The van der Waals surface area contributed by atoms with Crippen LogP contribution in [0.3, 0.4) is 0 Å². The van der Waals surface area contributed by atoms with Crippen LogP contribution in [-0.2, 0) is 14.3 Å². The molecule has 3 rings (SSSR count). The van der Waals surface area contributed by atoms with Gasteiger partial charge in [0.15, 0.2) is 0 Å². The van der Waals surface area contributed by atoms with Gasteiger partial charge >= 0.3 is 12.1 Å². The van der Waals surface area contributed by atoms with Crippen LogP contribution in [0.15, 0.2) is 48.5 Å². The van der Waals surface area contributed by atoms with Crippen molar-refractivity contribution in [1.82, 2.24) is 10.6 Å². The van der Waals surface area contributed by atoms with E-state index in [2.05, 4.69) is 34.9 Å². The van der Waals surface area contributed by atoms with Gasteiger partial charge in [0.1, 0.15) is 12.6 Å². The van der Waals surface area contributed by atoms with Crippen molar-refractivity contribution in [2.75, 3.05) is 13.2 Å². The van der Waals surface area contributed by atoms with Crippen LogP contribution in [0.5, 0.6) is 0 Å². The lowest BCUT2D eigenvalue weighted by Gasteiger charge is -2.19. The van der Waals surface area contributed by atoms with Crippen LogP contribution in [-0.4, -0.2) is 42.3 Å². The summed E-state index contributed by atoms with van der Waals surface area (Å²) in [4.78, 5) is 35.6. The highest BCUT2D eigenvalue weighted by Crippen LogP contribution is 2.44. The zero-order valence-corrected chi connectivity index (χ0v) is 18.6. The van der Waals surface area contributed by atoms with Gasteiger partial charge in [0.2, 0.25) is 5.91 Å². The molecule has 2 amide bonds. The molecule has 2 aromatic rings. The first-order valence-electron chi connectivity index (χ1n) is 10.9. The average molecular weight is 439 g/mol. The summed E-state index contributed by atoms with van der Waals surface area (Å²) in [6.07, 6.45) is -0.426. The van der Waals surface area contributed by atoms with Gasteiger partial charge in [-0.15, -0.1) is 0 Å². The number of amides is 2. The van der Waals surface area contributed by atoms with Crippen molar-refractivity contribution in [2.45, 2.75) is 39.2 Å². The number of carboxylic acid groups (broad SMARTS) is 1. The lowest BCUT2D eigenvalue weighted by Crippen LogP contribution is -2.45. The smallest absolute Gasteiger partial charge is 0.407 e. The van der Waals surface area contributed by atoms with Gasteiger partial charge < -0.3 is 20.5 Å². The maximum absolute atomic E-state index is 12.3. The Morgan fingerprint density at radius 3 is 2.06 bits per heavy atom. The van der Waals surface area contributed by atoms with Crippen LogP contribution in [0.25, 0.3) is 11.1 Å². The van der Waals surface area contributed by atoms with Crippen LogP contribution in [0.4, 0.5) is 4.79 Å². The summed E-state index contributed by atoms with van der Waals surface area (Å²) < 4.78 is 5.49. The van der Waals surface area contributed by atoms with Gasteiger partial charge in [0, 0.05) is 18.9 Å². The van der Waals surface area contributed by atoms with Gasteiger partial charge in [-0.1, -0.05) is 69.3 Å². The summed E-state index contributed by atoms with van der Waals surface area (Å²) in [6.45, 7) is 5.77. The highest BCUT2D eigenvalue weighted by molar-refractivity contribution is 5.84. The van der Waals surface area contributed by atoms with E-state index in [1.165, 1.54) is 0 Å². The van der Waals surface area contributed by atoms with Gasteiger partial charge in [-0.05, 0) is 34.1 Å². The number of hydrogen-bond acceptors (Lipinski definition) is 4. The van der Waals surface area contributed by atoms with E-state index in [1.54, 1.807) is 13.8 Å². The Hall–Kier alpha value is -3.35. The van der Waals surface area contributed by atoms with Crippen molar-refractivity contribution in [1.29, 1.82) is 0 Å². The second-order valence-electron chi connectivity index (χ2n) is 8.64. The van der Waals surface area contributed by atoms with E-state index in [-0.39, 0.29) is 43.2 Å². The number of carbonyl (C=O) groups is 3. The summed E-state index contributed by atoms with van der Waals surface area (Å²) in [5, 5.41) is 14.4. The monoisotopic (exact) mass is 438 g/mol. The molecule has 2 aromatic carbocycles. The van der Waals surface area contributed by atoms with Gasteiger partial charge in [-0.2, -0.15) is 0 Å². The molecule has 3 N–H and O–H groups in total. The van der Waals surface area contributed by atoms with E-state index < -0.39 is 18.1 Å². The molecule has 1 unspecified atom stereocenters. The molecule has 7 heteroatoms. The Bertz CT molecular complexity index is 942. The summed E-state index contributed by atoms with van der Waals surface area (Å²) in [7, 11) is 0. The molecule has 170 valence electrons. The highest BCUT2D eigenvalue weighted by Gasteiger charge is 2.29. The van der Waals surface area contributed by atoms with Crippen LogP contribution >= 0.6 is 0 Å². The van der Waals surface area contributed by atoms with Crippen molar-refractivity contribution in [3.63, 3.8) is 0 Å². The number of benzene rings is 2. The number of alkyl carbamates (subject to hydrolysis) is 1. The second kappa shape index (κ2) is 10.3. The number of hydrogen-bond donors (Lipinski definition) is 3. The van der Waals surface area contributed by atoms with Crippen LogP contribution in [0.1, 0.15) is 44.2 Å². The highest BCUT2D eigenvalue weighted by atomic mass is 16.5. The third-order valence-electron chi connectivity index (χ3n) is 5.72. The molecule has 0 bridgehead atoms. The summed E-state index contributed by atoms with van der Waals surface area (Å²) in [5.74, 6) is -1.81. The Balaban J connectivity index is 1.48. The fraction of sp³-hybridized carbons (Fsp3) is 0.400. The molecule has 2 atom stereocenters. The van der Waals surface area contributed by atoms with Crippen molar-refractivity contribution >= 4 is 18.0 Å². The normalized spacial score (nSPS) is 14.2. The molecule has 1 aliphatic rings. The number of fused-ring (bicyclic) bond motifs is 3. The maximum atomic E-state index is 12.3. The van der Waals surface area contributed by atoms with E-state index >= 15 is 0 Å². The van der Waals surface area contributed by atoms with E-state index in [0.29, 0.717) is 0 Å². The molecule has 0 spiro atoms. The quantitative estimate of drug-likeness (QED) is 0.553. The Labute approximate surface area is 188 Å². The van der Waals surface area contributed by atoms with Crippen molar-refractivity contribution in [2.24, 2.45) is 11.8 Å². The Morgan fingerprint density at radius 1 is 0.969 bits per heavy atom. The summed E-state index contributed by atoms with van der Waals surface area (Å²) in [6, 6.07) is 15.3. The molecule has 0 aliphatic heterocycles. The minimum absolute atomic E-state index is 0.0136. The third kappa shape index (κ3) is 5.46. The minimum Gasteiger partial charge on any atom is -0.480 e. The molecule has 7 nitrogen and oxygen atoms in total. The summed E-state index contributed by atoms with van der Waals surface area (Å²) >= 11 is 0. The summed E-state index contributed by atoms with van der Waals surface area (Å²) in [5.41, 5.74) is 4.62. The van der Waals surface area contributed by atoms with Crippen LogP contribution in [0, 0.1) is 11.8 Å². The number of carbonyl (C=O) groups excluding carboxylic acids is 2. The maximum Gasteiger partial charge on any atom is 0.407 e. The first kappa shape index (κ1) is 23.3. The molecule has 0 radical (unpaired) electrons. The van der Waals surface area contributed by atoms with Crippen molar-refractivity contribution < 1.29 is 24.2 Å². The SMILES string of the molecule is CC(CNC(=O)OCC1c2ccccc2-c2ccccc21)CC(=O)N[C@H](C(=O)O)C(C)C. The van der Waals surface area contributed by atoms with Gasteiger partial charge in [0.25, 0.3) is 0 Å².